The lowest BCUT2D eigenvalue weighted by Crippen LogP contribution is -2.74. The molecule has 286 valence electrons. The first-order valence-corrected chi connectivity index (χ1v) is 24.2. The number of hydrogen-bond acceptors (Lipinski definition) is 1. The average Bonchev–Trinajstić information content (AvgIpc) is 3.84. The van der Waals surface area contributed by atoms with Crippen LogP contribution >= 0.6 is 11.8 Å². The average molecular weight is 802 g/mol. The van der Waals surface area contributed by atoms with Crippen LogP contribution in [0.15, 0.2) is 216 Å². The van der Waals surface area contributed by atoms with Gasteiger partial charge in [0.2, 0.25) is 0 Å². The molecule has 0 bridgehead atoms. The van der Waals surface area contributed by atoms with E-state index in [4.69, 9.17) is 0 Å². The zero-order valence-electron chi connectivity index (χ0n) is 33.4. The van der Waals surface area contributed by atoms with Crippen LogP contribution in [0.25, 0.3) is 44.2 Å². The molecule has 0 N–H and O–H groups in total. The van der Waals surface area contributed by atoms with E-state index in [2.05, 4.69) is 211 Å². The number of benzene rings is 8. The first-order chi connectivity index (χ1) is 29.7. The zero-order valence-corrected chi connectivity index (χ0v) is 35.2. The van der Waals surface area contributed by atoms with Crippen LogP contribution in [0.3, 0.4) is 0 Å². The SMILES string of the molecule is C1=CC2=C(CC1)SC1=Cc3c(n(-c4cccc([Si](c5ccccc5)(c5ccccc5)c5ccc(Cc6cc7ccccc7c7ccccc67)cc5)c4)c4ccccc34)CC12. The van der Waals surface area contributed by atoms with Crippen LogP contribution in [0, 0.1) is 5.92 Å². The fourth-order valence-corrected chi connectivity index (χ4v) is 16.8. The van der Waals surface area contributed by atoms with Gasteiger partial charge < -0.3 is 4.57 Å². The molecule has 12 rings (SSSR count). The van der Waals surface area contributed by atoms with E-state index in [9.17, 15) is 0 Å². The summed E-state index contributed by atoms with van der Waals surface area (Å²) in [4.78, 5) is 3.10. The van der Waals surface area contributed by atoms with Crippen LogP contribution in [0.5, 0.6) is 0 Å². The standard InChI is InChI=1S/C57H43NSSi/c1-3-18-43(19-4-1)60(44-20-5-2-6-21-44,45-32-30-39(31-33-45)34-41-35-40-16-7-8-23-47(40)49-25-10-9-24-48(41)49)46-22-15-17-42(36-46)58-54-28-13-11-26-50(54)52-38-57-53(37-55(52)58)51-27-12-14-29-56(51)59-57/h1-13,15-28,30-33,35-36,38,53H,14,29,34,37H2. The Kier molecular flexibility index (Phi) is 8.54. The van der Waals surface area contributed by atoms with Crippen molar-refractivity contribution in [1.29, 1.82) is 0 Å². The molecule has 1 aliphatic heterocycles. The lowest BCUT2D eigenvalue weighted by Gasteiger charge is -2.35. The summed E-state index contributed by atoms with van der Waals surface area (Å²) in [5.41, 5.74) is 9.58. The van der Waals surface area contributed by atoms with Gasteiger partial charge >= 0.3 is 0 Å². The van der Waals surface area contributed by atoms with Gasteiger partial charge in [-0.25, -0.2) is 0 Å². The third kappa shape index (κ3) is 5.60. The van der Waals surface area contributed by atoms with Gasteiger partial charge in [0.1, 0.15) is 0 Å². The molecule has 1 atom stereocenters. The Labute approximate surface area is 357 Å². The Bertz CT molecular complexity index is 3180. The summed E-state index contributed by atoms with van der Waals surface area (Å²) in [6, 6.07) is 71.2. The number of aromatic nitrogens is 1. The molecule has 9 aromatic rings. The van der Waals surface area contributed by atoms with E-state index in [-0.39, 0.29) is 0 Å². The summed E-state index contributed by atoms with van der Waals surface area (Å²) >= 11 is 2.04. The third-order valence-electron chi connectivity index (χ3n) is 13.4. The largest absolute Gasteiger partial charge is 0.313 e. The van der Waals surface area contributed by atoms with Gasteiger partial charge in [-0.05, 0) is 112 Å². The normalized spacial score (nSPS) is 15.9. The molecular weight excluding hydrogens is 759 g/mol. The van der Waals surface area contributed by atoms with Gasteiger partial charge in [-0.1, -0.05) is 194 Å². The van der Waals surface area contributed by atoms with Gasteiger partial charge in [0.15, 0.2) is 8.07 Å². The Hall–Kier alpha value is -6.39. The van der Waals surface area contributed by atoms with E-state index in [0.717, 1.165) is 19.3 Å². The Morgan fingerprint density at radius 1 is 0.567 bits per heavy atom. The second-order valence-corrected chi connectivity index (χ2v) is 21.6. The highest BCUT2D eigenvalue weighted by atomic mass is 32.2. The maximum Gasteiger partial charge on any atom is 0.179 e. The second-order valence-electron chi connectivity index (χ2n) is 16.6. The minimum Gasteiger partial charge on any atom is -0.313 e. The number of hydrogen-bond donors (Lipinski definition) is 0. The van der Waals surface area contributed by atoms with Crippen molar-refractivity contribution in [3.63, 3.8) is 0 Å². The Morgan fingerprint density at radius 2 is 1.22 bits per heavy atom. The van der Waals surface area contributed by atoms with E-state index in [1.807, 2.05) is 11.8 Å². The first-order valence-electron chi connectivity index (χ1n) is 21.4. The third-order valence-corrected chi connectivity index (χ3v) is 19.5. The summed E-state index contributed by atoms with van der Waals surface area (Å²) in [7, 11) is -2.83. The number of allylic oxidation sites excluding steroid dienone is 5. The molecule has 3 aliphatic rings. The minimum absolute atomic E-state index is 0.438. The van der Waals surface area contributed by atoms with Crippen molar-refractivity contribution < 1.29 is 0 Å². The topological polar surface area (TPSA) is 4.93 Å². The van der Waals surface area contributed by atoms with E-state index < -0.39 is 8.07 Å². The number of nitrogens with zero attached hydrogens (tertiary/aromatic N) is 1. The molecule has 0 spiro atoms. The first kappa shape index (κ1) is 35.5. The highest BCUT2D eigenvalue weighted by molar-refractivity contribution is 8.07. The van der Waals surface area contributed by atoms with Gasteiger partial charge in [0.25, 0.3) is 0 Å². The second kappa shape index (κ2) is 14.4. The number of fused-ring (bicyclic) bond motifs is 8. The molecule has 0 amide bonds. The van der Waals surface area contributed by atoms with Gasteiger partial charge in [0.05, 0.1) is 5.52 Å². The van der Waals surface area contributed by atoms with Crippen molar-refractivity contribution in [2.75, 3.05) is 0 Å². The molecule has 0 saturated carbocycles. The van der Waals surface area contributed by atoms with Gasteiger partial charge in [-0.15, -0.1) is 0 Å². The van der Waals surface area contributed by atoms with Gasteiger partial charge in [-0.3, -0.25) is 0 Å². The van der Waals surface area contributed by atoms with Gasteiger partial charge in [0, 0.05) is 34.7 Å². The van der Waals surface area contributed by atoms with Crippen LogP contribution in [0.4, 0.5) is 0 Å². The summed E-state index contributed by atoms with van der Waals surface area (Å²) < 4.78 is 2.60. The summed E-state index contributed by atoms with van der Waals surface area (Å²) in [5.74, 6) is 0.438. The Balaban J connectivity index is 1.02. The smallest absolute Gasteiger partial charge is 0.179 e. The van der Waals surface area contributed by atoms with Crippen molar-refractivity contribution in [2.24, 2.45) is 5.92 Å². The molecule has 0 radical (unpaired) electrons. The number of rotatable bonds is 7. The molecule has 1 aromatic heterocycles. The minimum atomic E-state index is -2.83. The molecule has 1 nitrogen and oxygen atoms in total. The molecule has 0 fully saturated rings. The summed E-state index contributed by atoms with van der Waals surface area (Å²) in [6.45, 7) is 0. The zero-order chi connectivity index (χ0) is 39.6. The van der Waals surface area contributed by atoms with Crippen LogP contribution in [-0.4, -0.2) is 12.6 Å². The lowest BCUT2D eigenvalue weighted by atomic mass is 9.85. The molecule has 2 aliphatic carbocycles. The quantitative estimate of drug-likeness (QED) is 0.0883. The van der Waals surface area contributed by atoms with Crippen LogP contribution in [0.1, 0.15) is 35.2 Å². The summed E-state index contributed by atoms with van der Waals surface area (Å²) in [6.07, 6.45) is 11.5. The van der Waals surface area contributed by atoms with E-state index in [1.165, 1.54) is 92.6 Å². The molecule has 0 saturated heterocycles. The van der Waals surface area contributed by atoms with Crippen molar-refractivity contribution in [3.8, 4) is 5.69 Å². The monoisotopic (exact) mass is 801 g/mol. The predicted octanol–water partition coefficient (Wildman–Crippen LogP) is 11.8. The molecule has 1 unspecified atom stereocenters. The van der Waals surface area contributed by atoms with Crippen molar-refractivity contribution in [3.05, 3.63) is 238 Å². The fourth-order valence-electron chi connectivity index (χ4n) is 10.7. The van der Waals surface area contributed by atoms with E-state index >= 15 is 0 Å². The van der Waals surface area contributed by atoms with Crippen LogP contribution in [0.2, 0.25) is 0 Å². The highest BCUT2D eigenvalue weighted by Crippen LogP contribution is 2.54. The highest BCUT2D eigenvalue weighted by Gasteiger charge is 2.42. The number of para-hydroxylation sites is 1. The van der Waals surface area contributed by atoms with E-state index in [0.29, 0.717) is 5.92 Å². The molecule has 8 aromatic carbocycles. The maximum atomic E-state index is 2.60. The number of thioether (sulfide) groups is 1. The van der Waals surface area contributed by atoms with Gasteiger partial charge in [-0.2, -0.15) is 0 Å². The van der Waals surface area contributed by atoms with Crippen molar-refractivity contribution >= 4 is 79.1 Å². The maximum absolute atomic E-state index is 2.83. The fraction of sp³-hybridized carbons (Fsp3) is 0.0877. The lowest BCUT2D eigenvalue weighted by molar-refractivity contribution is 0.719. The van der Waals surface area contributed by atoms with Crippen molar-refractivity contribution in [1.82, 2.24) is 4.57 Å². The molecule has 3 heteroatoms. The molecule has 2 heterocycles. The molecular formula is C57H43NSSi. The molecule has 60 heavy (non-hydrogen) atoms. The predicted molar refractivity (Wildman–Crippen MR) is 259 cm³/mol. The van der Waals surface area contributed by atoms with E-state index in [1.54, 1.807) is 10.5 Å². The van der Waals surface area contributed by atoms with Crippen molar-refractivity contribution in [2.45, 2.75) is 25.7 Å². The van der Waals surface area contributed by atoms with Crippen LogP contribution in [-0.2, 0) is 12.8 Å². The summed E-state index contributed by atoms with van der Waals surface area (Å²) in [5, 5.41) is 12.2. The Morgan fingerprint density at radius 3 is 2.00 bits per heavy atom. The van der Waals surface area contributed by atoms with Crippen LogP contribution < -0.4 is 20.7 Å².